The lowest BCUT2D eigenvalue weighted by atomic mass is 9.85. The largest absolute Gasteiger partial charge is 0.497 e. The van der Waals surface area contributed by atoms with E-state index in [1.165, 1.54) is 0 Å². The van der Waals surface area contributed by atoms with Crippen LogP contribution in [0.1, 0.15) is 17.9 Å². The zero-order chi connectivity index (χ0) is 13.1. The van der Waals surface area contributed by atoms with Gasteiger partial charge in [-0.3, -0.25) is 9.59 Å². The van der Waals surface area contributed by atoms with E-state index in [1.54, 1.807) is 7.11 Å². The van der Waals surface area contributed by atoms with E-state index in [9.17, 15) is 9.59 Å². The first-order valence-electron chi connectivity index (χ1n) is 5.76. The number of methoxy groups -OCH3 is 1. The summed E-state index contributed by atoms with van der Waals surface area (Å²) in [6, 6.07) is 7.49. The predicted molar refractivity (Wildman–Crippen MR) is 64.5 cm³/mol. The maximum atomic E-state index is 11.4. The van der Waals surface area contributed by atoms with Gasteiger partial charge in [0.2, 0.25) is 5.91 Å². The van der Waals surface area contributed by atoms with Gasteiger partial charge < -0.3 is 15.2 Å². The molecule has 0 saturated carbocycles. The van der Waals surface area contributed by atoms with Gasteiger partial charge >= 0.3 is 5.97 Å². The van der Waals surface area contributed by atoms with Crippen LogP contribution in [0.5, 0.6) is 5.75 Å². The Balaban J connectivity index is 2.18. The van der Waals surface area contributed by atoms with Crippen molar-refractivity contribution in [3.8, 4) is 5.75 Å². The Bertz CT molecular complexity index is 472. The molecule has 1 aliphatic heterocycles. The number of amides is 1. The van der Waals surface area contributed by atoms with Gasteiger partial charge in [-0.15, -0.1) is 0 Å². The number of hydrogen-bond acceptors (Lipinski definition) is 3. The predicted octanol–water partition coefficient (Wildman–Crippen LogP) is 0.999. The quantitative estimate of drug-likeness (QED) is 0.784. The topological polar surface area (TPSA) is 75.6 Å². The molecule has 1 fully saturated rings. The van der Waals surface area contributed by atoms with Gasteiger partial charge in [0.1, 0.15) is 11.7 Å². The van der Waals surface area contributed by atoms with Gasteiger partial charge in [0.25, 0.3) is 0 Å². The Morgan fingerprint density at radius 1 is 1.50 bits per heavy atom. The summed E-state index contributed by atoms with van der Waals surface area (Å²) in [6.07, 6.45) is 0.328. The molecule has 1 aliphatic rings. The molecule has 0 aromatic heterocycles. The number of carbonyl (C=O) groups excluding carboxylic acids is 1. The Hall–Kier alpha value is -2.04. The van der Waals surface area contributed by atoms with Crippen LogP contribution in [0.25, 0.3) is 0 Å². The maximum absolute atomic E-state index is 11.4. The zero-order valence-corrected chi connectivity index (χ0v) is 10.1. The molecule has 0 spiro atoms. The second-order valence-corrected chi connectivity index (χ2v) is 4.35. The Labute approximate surface area is 105 Å². The number of benzene rings is 1. The molecule has 2 rings (SSSR count). The van der Waals surface area contributed by atoms with Crippen LogP contribution in [0.15, 0.2) is 24.3 Å². The Kier molecular flexibility index (Phi) is 3.50. The molecule has 0 radical (unpaired) electrons. The fraction of sp³-hybridized carbons (Fsp3) is 0.385. The number of ether oxygens (including phenoxy) is 1. The molecule has 2 atom stereocenters. The second-order valence-electron chi connectivity index (χ2n) is 4.35. The van der Waals surface area contributed by atoms with Crippen molar-refractivity contribution in [1.82, 2.24) is 5.32 Å². The van der Waals surface area contributed by atoms with Crippen LogP contribution in [0.3, 0.4) is 0 Å². The summed E-state index contributed by atoms with van der Waals surface area (Å²) in [4.78, 5) is 22.4. The molecule has 96 valence electrons. The van der Waals surface area contributed by atoms with Crippen LogP contribution >= 0.6 is 0 Å². The van der Waals surface area contributed by atoms with Crippen molar-refractivity contribution in [1.29, 1.82) is 0 Å². The van der Waals surface area contributed by atoms with Gasteiger partial charge in [-0.05, 0) is 24.1 Å². The van der Waals surface area contributed by atoms with Gasteiger partial charge in [0.15, 0.2) is 0 Å². The lowest BCUT2D eigenvalue weighted by molar-refractivity contribution is -0.148. The summed E-state index contributed by atoms with van der Waals surface area (Å²) in [5, 5.41) is 11.6. The average Bonchev–Trinajstić information content (AvgIpc) is 2.39. The third-order valence-electron chi connectivity index (χ3n) is 3.22. The van der Waals surface area contributed by atoms with Crippen LogP contribution < -0.4 is 10.1 Å². The molecule has 5 nitrogen and oxygen atoms in total. The van der Waals surface area contributed by atoms with Crippen LogP contribution in [0.4, 0.5) is 0 Å². The van der Waals surface area contributed by atoms with E-state index in [1.807, 2.05) is 24.3 Å². The number of carboxylic acids is 1. The third kappa shape index (κ3) is 2.45. The van der Waals surface area contributed by atoms with E-state index in [0.29, 0.717) is 13.0 Å². The van der Waals surface area contributed by atoms with Gasteiger partial charge in [0.05, 0.1) is 7.11 Å². The minimum atomic E-state index is -1.07. The molecule has 5 heteroatoms. The Morgan fingerprint density at radius 2 is 2.28 bits per heavy atom. The minimum Gasteiger partial charge on any atom is -0.497 e. The number of hydrogen-bond donors (Lipinski definition) is 2. The minimum absolute atomic E-state index is 0.0129. The monoisotopic (exact) mass is 249 g/mol. The summed E-state index contributed by atoms with van der Waals surface area (Å²) in [5.41, 5.74) is 0.987. The Morgan fingerprint density at radius 3 is 2.94 bits per heavy atom. The molecule has 1 amide bonds. The highest BCUT2D eigenvalue weighted by Crippen LogP contribution is 2.29. The zero-order valence-electron chi connectivity index (χ0n) is 10.1. The lowest BCUT2D eigenvalue weighted by Crippen LogP contribution is -2.43. The van der Waals surface area contributed by atoms with Crippen LogP contribution in [-0.4, -0.2) is 30.6 Å². The van der Waals surface area contributed by atoms with E-state index < -0.39 is 17.8 Å². The molecule has 18 heavy (non-hydrogen) atoms. The van der Waals surface area contributed by atoms with Crippen LogP contribution in [0.2, 0.25) is 0 Å². The lowest BCUT2D eigenvalue weighted by Gasteiger charge is -2.27. The number of carbonyl (C=O) groups is 2. The molecular weight excluding hydrogens is 234 g/mol. The first-order chi connectivity index (χ1) is 8.61. The fourth-order valence-corrected chi connectivity index (χ4v) is 2.18. The van der Waals surface area contributed by atoms with E-state index >= 15 is 0 Å². The van der Waals surface area contributed by atoms with Crippen molar-refractivity contribution in [2.24, 2.45) is 5.92 Å². The smallest absolute Gasteiger partial charge is 0.316 e. The van der Waals surface area contributed by atoms with Gasteiger partial charge in [0, 0.05) is 12.5 Å². The van der Waals surface area contributed by atoms with Gasteiger partial charge in [-0.1, -0.05) is 12.1 Å². The summed E-state index contributed by atoms with van der Waals surface area (Å²) in [5.74, 6) is -1.69. The molecule has 1 aromatic rings. The number of nitrogens with one attached hydrogen (secondary N) is 1. The molecule has 0 unspecified atom stereocenters. The van der Waals surface area contributed by atoms with Crippen LogP contribution in [0, 0.1) is 5.92 Å². The van der Waals surface area contributed by atoms with Gasteiger partial charge in [-0.25, -0.2) is 0 Å². The number of aliphatic carboxylic acids is 1. The first kappa shape index (κ1) is 12.4. The molecule has 0 aliphatic carbocycles. The van der Waals surface area contributed by atoms with Gasteiger partial charge in [-0.2, -0.15) is 0 Å². The normalized spacial score (nSPS) is 23.3. The maximum Gasteiger partial charge on any atom is 0.316 e. The van der Waals surface area contributed by atoms with E-state index in [0.717, 1.165) is 11.3 Å². The van der Waals surface area contributed by atoms with Crippen molar-refractivity contribution in [3.63, 3.8) is 0 Å². The average molecular weight is 249 g/mol. The summed E-state index contributed by atoms with van der Waals surface area (Å²) in [6.45, 7) is 0.468. The summed E-state index contributed by atoms with van der Waals surface area (Å²) >= 11 is 0. The van der Waals surface area contributed by atoms with Crippen molar-refractivity contribution in [2.45, 2.75) is 12.3 Å². The highest BCUT2D eigenvalue weighted by molar-refractivity contribution is 5.97. The van der Waals surface area contributed by atoms with Crippen molar-refractivity contribution in [2.75, 3.05) is 13.7 Å². The highest BCUT2D eigenvalue weighted by Gasteiger charge is 2.34. The molecule has 1 heterocycles. The SMILES string of the molecule is COc1cccc([C@@H]2CNC(=O)[C@@H](C(=O)O)C2)c1. The van der Waals surface area contributed by atoms with E-state index in [-0.39, 0.29) is 5.92 Å². The molecule has 0 bridgehead atoms. The molecule has 1 aromatic carbocycles. The first-order valence-corrected chi connectivity index (χ1v) is 5.76. The molecular formula is C13H15NO4. The van der Waals surface area contributed by atoms with Crippen molar-refractivity contribution >= 4 is 11.9 Å². The fourth-order valence-electron chi connectivity index (χ4n) is 2.18. The highest BCUT2D eigenvalue weighted by atomic mass is 16.5. The second kappa shape index (κ2) is 5.08. The third-order valence-corrected chi connectivity index (χ3v) is 3.22. The standard InChI is InChI=1S/C13H15NO4/c1-18-10-4-2-3-8(5-10)9-6-11(13(16)17)12(15)14-7-9/h2-5,9,11H,6-7H2,1H3,(H,14,15)(H,16,17)/t9-,11-/m0/s1. The van der Waals surface area contributed by atoms with Crippen molar-refractivity contribution in [3.05, 3.63) is 29.8 Å². The number of rotatable bonds is 3. The summed E-state index contributed by atoms with van der Waals surface area (Å²) in [7, 11) is 1.59. The molecule has 1 saturated heterocycles. The number of carboxylic acid groups (broad SMARTS) is 1. The van der Waals surface area contributed by atoms with E-state index in [4.69, 9.17) is 9.84 Å². The van der Waals surface area contributed by atoms with Crippen LogP contribution in [-0.2, 0) is 9.59 Å². The van der Waals surface area contributed by atoms with E-state index in [2.05, 4.69) is 5.32 Å². The summed E-state index contributed by atoms with van der Waals surface area (Å²) < 4.78 is 5.14. The van der Waals surface area contributed by atoms with Crippen molar-refractivity contribution < 1.29 is 19.4 Å². The number of piperidine rings is 1. The molecule has 2 N–H and O–H groups in total.